The van der Waals surface area contributed by atoms with Crippen molar-refractivity contribution in [3.05, 3.63) is 34.9 Å². The maximum absolute atomic E-state index is 10.7. The molecule has 1 aromatic carbocycles. The number of carbonyl (C=O) groups excluding carboxylic acids is 1. The van der Waals surface area contributed by atoms with Crippen LogP contribution in [0, 0.1) is 0 Å². The van der Waals surface area contributed by atoms with Crippen LogP contribution in [-0.2, 0) is 11.2 Å². The smallest absolute Gasteiger partial charge is 0.406 e. The normalized spacial score (nSPS) is 9.57. The Hall–Kier alpha value is -1.22. The van der Waals surface area contributed by atoms with Crippen molar-refractivity contribution in [3.63, 3.8) is 0 Å². The quantitative estimate of drug-likeness (QED) is 0.837. The van der Waals surface area contributed by atoms with Gasteiger partial charge in [0, 0.05) is 11.6 Å². The average molecular weight is 214 g/mol. The number of rotatable bonds is 3. The third kappa shape index (κ3) is 3.26. The van der Waals surface area contributed by atoms with Gasteiger partial charge in [-0.2, -0.15) is 0 Å². The van der Waals surface area contributed by atoms with Gasteiger partial charge in [-0.25, -0.2) is 4.79 Å². The summed E-state index contributed by atoms with van der Waals surface area (Å²) in [5, 5.41) is 3.31. The molecule has 1 N–H and O–H groups in total. The van der Waals surface area contributed by atoms with E-state index < -0.39 is 6.09 Å². The highest BCUT2D eigenvalue weighted by Gasteiger charge is 2.00. The minimum absolute atomic E-state index is 0.419. The molecule has 1 rings (SSSR count). The highest BCUT2D eigenvalue weighted by molar-refractivity contribution is 6.31. The predicted octanol–water partition coefficient (Wildman–Crippen LogP) is 2.24. The average Bonchev–Trinajstić information content (AvgIpc) is 2.20. The van der Waals surface area contributed by atoms with E-state index in [0.717, 1.165) is 10.6 Å². The van der Waals surface area contributed by atoms with Crippen LogP contribution in [0.15, 0.2) is 24.3 Å². The number of amides is 1. The molecule has 0 unspecified atom stereocenters. The molecule has 0 atom stereocenters. The van der Waals surface area contributed by atoms with E-state index in [0.29, 0.717) is 13.0 Å². The molecule has 0 saturated carbocycles. The van der Waals surface area contributed by atoms with Crippen molar-refractivity contribution in [2.75, 3.05) is 13.7 Å². The van der Waals surface area contributed by atoms with Gasteiger partial charge in [0.15, 0.2) is 0 Å². The first-order valence-electron chi connectivity index (χ1n) is 4.29. The van der Waals surface area contributed by atoms with Gasteiger partial charge in [-0.3, -0.25) is 0 Å². The summed E-state index contributed by atoms with van der Waals surface area (Å²) in [6.45, 7) is 0.524. The summed E-state index contributed by atoms with van der Waals surface area (Å²) in [7, 11) is 1.34. The van der Waals surface area contributed by atoms with Crippen molar-refractivity contribution < 1.29 is 9.53 Å². The Morgan fingerprint density at radius 1 is 1.50 bits per heavy atom. The number of halogens is 1. The zero-order valence-corrected chi connectivity index (χ0v) is 8.67. The molecule has 0 fully saturated rings. The van der Waals surface area contributed by atoms with Gasteiger partial charge in [0.2, 0.25) is 0 Å². The standard InChI is InChI=1S/C10H12ClNO2/c1-14-10(13)12-7-6-8-4-2-3-5-9(8)11/h2-5H,6-7H2,1H3,(H,12,13). The fourth-order valence-corrected chi connectivity index (χ4v) is 1.30. The number of carbonyl (C=O) groups is 1. The summed E-state index contributed by atoms with van der Waals surface area (Å²) in [5.74, 6) is 0. The number of methoxy groups -OCH3 is 1. The van der Waals surface area contributed by atoms with Crippen LogP contribution in [0.3, 0.4) is 0 Å². The molecule has 1 amide bonds. The Morgan fingerprint density at radius 3 is 2.86 bits per heavy atom. The van der Waals surface area contributed by atoms with Gasteiger partial charge in [0.05, 0.1) is 7.11 Å². The van der Waals surface area contributed by atoms with Gasteiger partial charge in [-0.15, -0.1) is 0 Å². The molecule has 14 heavy (non-hydrogen) atoms. The van der Waals surface area contributed by atoms with Crippen molar-refractivity contribution >= 4 is 17.7 Å². The number of nitrogens with one attached hydrogen (secondary N) is 1. The number of benzene rings is 1. The van der Waals surface area contributed by atoms with E-state index in [9.17, 15) is 4.79 Å². The van der Waals surface area contributed by atoms with Gasteiger partial charge in [0.1, 0.15) is 0 Å². The molecule has 0 bridgehead atoms. The first kappa shape index (κ1) is 10.9. The lowest BCUT2D eigenvalue weighted by atomic mass is 10.1. The van der Waals surface area contributed by atoms with E-state index in [1.165, 1.54) is 7.11 Å². The number of alkyl carbamates (subject to hydrolysis) is 1. The van der Waals surface area contributed by atoms with Gasteiger partial charge < -0.3 is 10.1 Å². The molecule has 76 valence electrons. The number of hydrogen-bond acceptors (Lipinski definition) is 2. The van der Waals surface area contributed by atoms with Crippen molar-refractivity contribution in [2.24, 2.45) is 0 Å². The van der Waals surface area contributed by atoms with Crippen molar-refractivity contribution in [1.29, 1.82) is 0 Å². The molecule has 4 heteroatoms. The van der Waals surface area contributed by atoms with Crippen LogP contribution in [0.2, 0.25) is 5.02 Å². The fourth-order valence-electron chi connectivity index (χ4n) is 1.07. The van der Waals surface area contributed by atoms with Crippen molar-refractivity contribution in [2.45, 2.75) is 6.42 Å². The molecule has 0 aliphatic carbocycles. The summed E-state index contributed by atoms with van der Waals surface area (Å²) >= 11 is 5.93. The number of hydrogen-bond donors (Lipinski definition) is 1. The minimum Gasteiger partial charge on any atom is -0.453 e. The lowest BCUT2D eigenvalue weighted by molar-refractivity contribution is 0.171. The fraction of sp³-hybridized carbons (Fsp3) is 0.300. The Labute approximate surface area is 88.0 Å². The van der Waals surface area contributed by atoms with Crippen molar-refractivity contribution in [3.8, 4) is 0 Å². The zero-order valence-electron chi connectivity index (χ0n) is 7.92. The first-order chi connectivity index (χ1) is 6.74. The lowest BCUT2D eigenvalue weighted by Gasteiger charge is -2.04. The summed E-state index contributed by atoms with van der Waals surface area (Å²) in [5.41, 5.74) is 1.02. The molecule has 1 aromatic rings. The zero-order chi connectivity index (χ0) is 10.4. The summed E-state index contributed by atoms with van der Waals surface area (Å²) in [4.78, 5) is 10.7. The maximum atomic E-state index is 10.7. The van der Waals surface area contributed by atoms with Crippen LogP contribution in [0.4, 0.5) is 4.79 Å². The Morgan fingerprint density at radius 2 is 2.21 bits per heavy atom. The van der Waals surface area contributed by atoms with Crippen LogP contribution in [-0.4, -0.2) is 19.7 Å². The second-order valence-electron chi connectivity index (χ2n) is 2.76. The highest BCUT2D eigenvalue weighted by Crippen LogP contribution is 2.14. The topological polar surface area (TPSA) is 38.3 Å². The third-order valence-electron chi connectivity index (χ3n) is 1.81. The molecule has 3 nitrogen and oxygen atoms in total. The summed E-state index contributed by atoms with van der Waals surface area (Å²) in [6, 6.07) is 7.55. The van der Waals surface area contributed by atoms with Crippen LogP contribution in [0.1, 0.15) is 5.56 Å². The predicted molar refractivity (Wildman–Crippen MR) is 55.6 cm³/mol. The third-order valence-corrected chi connectivity index (χ3v) is 2.18. The van der Waals surface area contributed by atoms with E-state index >= 15 is 0 Å². The maximum Gasteiger partial charge on any atom is 0.406 e. The molecule has 0 spiro atoms. The molecule has 0 aromatic heterocycles. The van der Waals surface area contributed by atoms with Crippen LogP contribution in [0.25, 0.3) is 0 Å². The largest absolute Gasteiger partial charge is 0.453 e. The Kier molecular flexibility index (Phi) is 4.26. The van der Waals surface area contributed by atoms with Crippen LogP contribution < -0.4 is 5.32 Å². The Balaban J connectivity index is 2.39. The molecule has 0 aliphatic rings. The second kappa shape index (κ2) is 5.50. The lowest BCUT2D eigenvalue weighted by Crippen LogP contribution is -2.25. The molecular weight excluding hydrogens is 202 g/mol. The molecular formula is C10H12ClNO2. The van der Waals surface area contributed by atoms with E-state index in [1.54, 1.807) is 0 Å². The Bertz CT molecular complexity index is 315. The van der Waals surface area contributed by atoms with Gasteiger partial charge >= 0.3 is 6.09 Å². The van der Waals surface area contributed by atoms with E-state index in [-0.39, 0.29) is 0 Å². The molecule has 0 aliphatic heterocycles. The highest BCUT2D eigenvalue weighted by atomic mass is 35.5. The van der Waals surface area contributed by atoms with Gasteiger partial charge in [0.25, 0.3) is 0 Å². The number of ether oxygens (including phenoxy) is 1. The minimum atomic E-state index is -0.419. The van der Waals surface area contributed by atoms with E-state index in [1.807, 2.05) is 24.3 Å². The second-order valence-corrected chi connectivity index (χ2v) is 3.17. The monoisotopic (exact) mass is 213 g/mol. The van der Waals surface area contributed by atoms with E-state index in [4.69, 9.17) is 11.6 Å². The van der Waals surface area contributed by atoms with Gasteiger partial charge in [-0.05, 0) is 18.1 Å². The van der Waals surface area contributed by atoms with E-state index in [2.05, 4.69) is 10.1 Å². The molecule has 0 saturated heterocycles. The molecule has 0 heterocycles. The van der Waals surface area contributed by atoms with Crippen molar-refractivity contribution in [1.82, 2.24) is 5.32 Å². The van der Waals surface area contributed by atoms with Crippen LogP contribution >= 0.6 is 11.6 Å². The van der Waals surface area contributed by atoms with Gasteiger partial charge in [-0.1, -0.05) is 29.8 Å². The summed E-state index contributed by atoms with van der Waals surface area (Å²) in [6.07, 6.45) is 0.284. The summed E-state index contributed by atoms with van der Waals surface area (Å²) < 4.78 is 4.44. The first-order valence-corrected chi connectivity index (χ1v) is 4.67. The SMILES string of the molecule is COC(=O)NCCc1ccccc1Cl. The van der Waals surface area contributed by atoms with Crippen LogP contribution in [0.5, 0.6) is 0 Å². The molecule has 0 radical (unpaired) electrons.